The number of nitrogens with zero attached hydrogens (tertiary/aromatic N) is 1. The first-order chi connectivity index (χ1) is 9.81. The second-order valence-electron chi connectivity index (χ2n) is 4.81. The Labute approximate surface area is 116 Å². The summed E-state index contributed by atoms with van der Waals surface area (Å²) in [5.41, 5.74) is 2.99. The molecule has 0 unspecified atom stereocenters. The van der Waals surface area contributed by atoms with Crippen molar-refractivity contribution >= 4 is 28.0 Å². The van der Waals surface area contributed by atoms with Crippen LogP contribution >= 0.6 is 0 Å². The van der Waals surface area contributed by atoms with Crippen molar-refractivity contribution in [2.75, 3.05) is 5.32 Å². The third-order valence-corrected chi connectivity index (χ3v) is 3.51. The zero-order valence-corrected chi connectivity index (χ0v) is 10.7. The Kier molecular flexibility index (Phi) is 2.27. The number of benzene rings is 3. The molecule has 1 aliphatic heterocycles. The standard InChI is InChI=1S/C17H12N2O/c20-13-9-7-12(8-10-13)17-18-14-5-1-3-11-4-2-6-15(19-17)16(11)14/h1-10,20H,(H,18,19). The van der Waals surface area contributed by atoms with E-state index in [1.807, 2.05) is 30.3 Å². The molecule has 20 heavy (non-hydrogen) atoms. The van der Waals surface area contributed by atoms with Gasteiger partial charge in [0.15, 0.2) is 0 Å². The molecule has 96 valence electrons. The maximum Gasteiger partial charge on any atom is 0.138 e. The van der Waals surface area contributed by atoms with Crippen LogP contribution in [0.3, 0.4) is 0 Å². The Bertz CT molecular complexity index is 830. The first-order valence-electron chi connectivity index (χ1n) is 6.48. The van der Waals surface area contributed by atoms with Gasteiger partial charge < -0.3 is 10.4 Å². The fourth-order valence-electron chi connectivity index (χ4n) is 2.55. The highest BCUT2D eigenvalue weighted by Gasteiger charge is 2.15. The molecule has 0 fully saturated rings. The maximum absolute atomic E-state index is 9.38. The Morgan fingerprint density at radius 2 is 1.60 bits per heavy atom. The summed E-state index contributed by atoms with van der Waals surface area (Å²) in [6.45, 7) is 0. The monoisotopic (exact) mass is 260 g/mol. The summed E-state index contributed by atoms with van der Waals surface area (Å²) in [5, 5.41) is 15.1. The fourth-order valence-corrected chi connectivity index (χ4v) is 2.55. The van der Waals surface area contributed by atoms with Gasteiger partial charge in [0.1, 0.15) is 11.6 Å². The van der Waals surface area contributed by atoms with Crippen LogP contribution in [0.5, 0.6) is 5.75 Å². The Balaban J connectivity index is 1.92. The van der Waals surface area contributed by atoms with Gasteiger partial charge in [0, 0.05) is 16.6 Å². The van der Waals surface area contributed by atoms with E-state index in [0.717, 1.165) is 28.2 Å². The van der Waals surface area contributed by atoms with E-state index >= 15 is 0 Å². The van der Waals surface area contributed by atoms with Crippen LogP contribution in [0.2, 0.25) is 0 Å². The van der Waals surface area contributed by atoms with Crippen molar-refractivity contribution in [3.8, 4) is 5.75 Å². The van der Waals surface area contributed by atoms with Gasteiger partial charge in [0.25, 0.3) is 0 Å². The molecule has 1 aliphatic rings. The Morgan fingerprint density at radius 3 is 2.40 bits per heavy atom. The average molecular weight is 260 g/mol. The number of rotatable bonds is 1. The number of nitrogens with one attached hydrogen (secondary N) is 1. The number of phenolic OH excluding ortho intramolecular Hbond substituents is 1. The van der Waals surface area contributed by atoms with E-state index < -0.39 is 0 Å². The van der Waals surface area contributed by atoms with E-state index in [-0.39, 0.29) is 5.75 Å². The number of hydrogen-bond donors (Lipinski definition) is 2. The van der Waals surface area contributed by atoms with Crippen molar-refractivity contribution in [3.05, 3.63) is 66.2 Å². The maximum atomic E-state index is 9.38. The second-order valence-corrected chi connectivity index (χ2v) is 4.81. The van der Waals surface area contributed by atoms with Crippen molar-refractivity contribution in [2.45, 2.75) is 0 Å². The van der Waals surface area contributed by atoms with Gasteiger partial charge in [-0.25, -0.2) is 4.99 Å². The molecule has 0 aromatic heterocycles. The van der Waals surface area contributed by atoms with E-state index in [4.69, 9.17) is 0 Å². The summed E-state index contributed by atoms with van der Waals surface area (Å²) >= 11 is 0. The van der Waals surface area contributed by atoms with Crippen LogP contribution in [0.15, 0.2) is 65.7 Å². The number of anilines is 1. The summed E-state index contributed by atoms with van der Waals surface area (Å²) < 4.78 is 0. The molecule has 0 saturated heterocycles. The third-order valence-electron chi connectivity index (χ3n) is 3.51. The van der Waals surface area contributed by atoms with E-state index in [0.29, 0.717) is 0 Å². The van der Waals surface area contributed by atoms with Crippen molar-refractivity contribution in [2.24, 2.45) is 4.99 Å². The van der Waals surface area contributed by atoms with Gasteiger partial charge in [-0.15, -0.1) is 0 Å². The lowest BCUT2D eigenvalue weighted by atomic mass is 10.0. The van der Waals surface area contributed by atoms with Crippen molar-refractivity contribution in [1.29, 1.82) is 0 Å². The molecular weight excluding hydrogens is 248 g/mol. The van der Waals surface area contributed by atoms with Crippen LogP contribution in [0, 0.1) is 0 Å². The molecule has 0 radical (unpaired) electrons. The topological polar surface area (TPSA) is 44.6 Å². The van der Waals surface area contributed by atoms with Crippen LogP contribution in [0.25, 0.3) is 10.8 Å². The molecule has 0 aliphatic carbocycles. The number of aliphatic imine (C=N–C) groups is 1. The van der Waals surface area contributed by atoms with Crippen molar-refractivity contribution in [3.63, 3.8) is 0 Å². The minimum Gasteiger partial charge on any atom is -0.508 e. The lowest BCUT2D eigenvalue weighted by Gasteiger charge is -2.19. The molecule has 0 saturated carbocycles. The summed E-state index contributed by atoms with van der Waals surface area (Å²) in [6.07, 6.45) is 0. The molecule has 0 amide bonds. The first-order valence-corrected chi connectivity index (χ1v) is 6.48. The highest BCUT2D eigenvalue weighted by Crippen LogP contribution is 2.36. The normalized spacial score (nSPS) is 12.9. The minimum atomic E-state index is 0.257. The van der Waals surface area contributed by atoms with E-state index in [1.165, 1.54) is 5.39 Å². The van der Waals surface area contributed by atoms with Gasteiger partial charge in [-0.05, 0) is 41.8 Å². The third kappa shape index (κ3) is 1.64. The first kappa shape index (κ1) is 11.1. The van der Waals surface area contributed by atoms with E-state index in [1.54, 1.807) is 12.1 Å². The number of amidine groups is 1. The molecule has 0 atom stereocenters. The lowest BCUT2D eigenvalue weighted by Crippen LogP contribution is -2.15. The zero-order chi connectivity index (χ0) is 13.5. The van der Waals surface area contributed by atoms with Crippen molar-refractivity contribution in [1.82, 2.24) is 0 Å². The second kappa shape index (κ2) is 4.10. The molecule has 3 aromatic rings. The fraction of sp³-hybridized carbons (Fsp3) is 0. The molecule has 3 heteroatoms. The molecule has 3 nitrogen and oxygen atoms in total. The van der Waals surface area contributed by atoms with Crippen LogP contribution in [0.4, 0.5) is 11.4 Å². The smallest absolute Gasteiger partial charge is 0.138 e. The van der Waals surface area contributed by atoms with E-state index in [2.05, 4.69) is 28.5 Å². The number of hydrogen-bond acceptors (Lipinski definition) is 3. The molecular formula is C17H12N2O. The van der Waals surface area contributed by atoms with Crippen LogP contribution < -0.4 is 5.32 Å². The van der Waals surface area contributed by atoms with Crippen LogP contribution in [-0.4, -0.2) is 10.9 Å². The van der Waals surface area contributed by atoms with Crippen LogP contribution in [-0.2, 0) is 0 Å². The van der Waals surface area contributed by atoms with Crippen LogP contribution in [0.1, 0.15) is 5.56 Å². The predicted molar refractivity (Wildman–Crippen MR) is 81.9 cm³/mol. The quantitative estimate of drug-likeness (QED) is 0.693. The van der Waals surface area contributed by atoms with Gasteiger partial charge >= 0.3 is 0 Å². The molecule has 3 aromatic carbocycles. The average Bonchev–Trinajstić information content (AvgIpc) is 2.48. The molecule has 4 rings (SSSR count). The number of phenols is 1. The summed E-state index contributed by atoms with van der Waals surface area (Å²) in [6, 6.07) is 19.4. The highest BCUT2D eigenvalue weighted by molar-refractivity contribution is 6.18. The Morgan fingerprint density at radius 1 is 0.850 bits per heavy atom. The summed E-state index contributed by atoms with van der Waals surface area (Å²) in [4.78, 5) is 4.69. The SMILES string of the molecule is Oc1ccc(C2=Nc3cccc4cccc(c34)N2)cc1. The Hall–Kier alpha value is -2.81. The largest absolute Gasteiger partial charge is 0.508 e. The number of aromatic hydroxyl groups is 1. The van der Waals surface area contributed by atoms with Crippen molar-refractivity contribution < 1.29 is 5.11 Å². The molecule has 0 spiro atoms. The molecule has 1 heterocycles. The molecule has 0 bridgehead atoms. The summed E-state index contributed by atoms with van der Waals surface area (Å²) in [7, 11) is 0. The predicted octanol–water partition coefficient (Wildman–Crippen LogP) is 4.05. The summed E-state index contributed by atoms with van der Waals surface area (Å²) in [5.74, 6) is 1.06. The highest BCUT2D eigenvalue weighted by atomic mass is 16.3. The van der Waals surface area contributed by atoms with E-state index in [9.17, 15) is 5.11 Å². The lowest BCUT2D eigenvalue weighted by molar-refractivity contribution is 0.475. The zero-order valence-electron chi connectivity index (χ0n) is 10.7. The molecule has 2 N–H and O–H groups in total. The van der Waals surface area contributed by atoms with Gasteiger partial charge in [-0.1, -0.05) is 24.3 Å². The van der Waals surface area contributed by atoms with Gasteiger partial charge in [-0.3, -0.25) is 0 Å². The minimum absolute atomic E-state index is 0.257. The van der Waals surface area contributed by atoms with Gasteiger partial charge in [-0.2, -0.15) is 0 Å². The van der Waals surface area contributed by atoms with Gasteiger partial charge in [0.2, 0.25) is 0 Å². The van der Waals surface area contributed by atoms with Gasteiger partial charge in [0.05, 0.1) is 5.69 Å².